The van der Waals surface area contributed by atoms with Crippen molar-refractivity contribution in [3.05, 3.63) is 12.2 Å². The maximum Gasteiger partial charge on any atom is 0.407 e. The van der Waals surface area contributed by atoms with E-state index in [0.29, 0.717) is 24.9 Å². The molecular formula is C15H24N2O3. The SMILES string of the molecule is CC(C)(C)N(CCNC(=O)[C@H]1CC2C=CC1C2)C(=O)O. The number of nitrogens with zero attached hydrogens (tertiary/aromatic N) is 1. The first-order chi connectivity index (χ1) is 9.29. The van der Waals surface area contributed by atoms with Gasteiger partial charge in [-0.3, -0.25) is 4.79 Å². The minimum atomic E-state index is -0.949. The van der Waals surface area contributed by atoms with Crippen molar-refractivity contribution >= 4 is 12.0 Å². The van der Waals surface area contributed by atoms with E-state index in [0.717, 1.165) is 12.8 Å². The molecule has 0 saturated heterocycles. The average Bonchev–Trinajstić information content (AvgIpc) is 2.94. The monoisotopic (exact) mass is 280 g/mol. The van der Waals surface area contributed by atoms with Crippen LogP contribution >= 0.6 is 0 Å². The van der Waals surface area contributed by atoms with E-state index in [-0.39, 0.29) is 11.8 Å². The Bertz CT molecular complexity index is 425. The number of hydrogen-bond acceptors (Lipinski definition) is 2. The maximum absolute atomic E-state index is 12.1. The molecule has 2 unspecified atom stereocenters. The topological polar surface area (TPSA) is 69.6 Å². The summed E-state index contributed by atoms with van der Waals surface area (Å²) in [7, 11) is 0. The van der Waals surface area contributed by atoms with Crippen molar-refractivity contribution in [3.8, 4) is 0 Å². The number of carboxylic acid groups (broad SMARTS) is 1. The number of allylic oxidation sites excluding steroid dienone is 2. The Morgan fingerprint density at radius 3 is 2.45 bits per heavy atom. The number of rotatable bonds is 4. The maximum atomic E-state index is 12.1. The van der Waals surface area contributed by atoms with Crippen LogP contribution in [-0.2, 0) is 4.79 Å². The molecule has 5 heteroatoms. The van der Waals surface area contributed by atoms with E-state index in [1.807, 2.05) is 20.8 Å². The van der Waals surface area contributed by atoms with Gasteiger partial charge in [-0.15, -0.1) is 0 Å². The Labute approximate surface area is 120 Å². The van der Waals surface area contributed by atoms with Crippen LogP contribution in [0.3, 0.4) is 0 Å². The van der Waals surface area contributed by atoms with Gasteiger partial charge in [0.1, 0.15) is 0 Å². The lowest BCUT2D eigenvalue weighted by molar-refractivity contribution is -0.125. The molecule has 2 amide bonds. The minimum Gasteiger partial charge on any atom is -0.465 e. The summed E-state index contributed by atoms with van der Waals surface area (Å²) in [5.74, 6) is 1.11. The van der Waals surface area contributed by atoms with Crippen molar-refractivity contribution in [2.24, 2.45) is 17.8 Å². The highest BCUT2D eigenvalue weighted by molar-refractivity contribution is 5.80. The predicted octanol–water partition coefficient (Wildman–Crippen LogP) is 2.09. The van der Waals surface area contributed by atoms with Crippen LogP contribution in [0.15, 0.2) is 12.2 Å². The number of carbonyl (C=O) groups excluding carboxylic acids is 1. The smallest absolute Gasteiger partial charge is 0.407 e. The van der Waals surface area contributed by atoms with Crippen LogP contribution in [0.2, 0.25) is 0 Å². The second kappa shape index (κ2) is 5.46. The van der Waals surface area contributed by atoms with Crippen LogP contribution in [0.4, 0.5) is 4.79 Å². The lowest BCUT2D eigenvalue weighted by Gasteiger charge is -2.33. The van der Waals surface area contributed by atoms with Crippen LogP contribution in [-0.4, -0.2) is 40.6 Å². The van der Waals surface area contributed by atoms with E-state index >= 15 is 0 Å². The molecule has 0 heterocycles. The summed E-state index contributed by atoms with van der Waals surface area (Å²) >= 11 is 0. The van der Waals surface area contributed by atoms with E-state index in [1.165, 1.54) is 4.90 Å². The Morgan fingerprint density at radius 1 is 1.30 bits per heavy atom. The molecule has 112 valence electrons. The zero-order valence-corrected chi connectivity index (χ0v) is 12.4. The quantitative estimate of drug-likeness (QED) is 0.775. The van der Waals surface area contributed by atoms with Gasteiger partial charge in [0.15, 0.2) is 0 Å². The number of carbonyl (C=O) groups is 2. The van der Waals surface area contributed by atoms with Crippen molar-refractivity contribution in [1.82, 2.24) is 10.2 Å². The molecule has 0 aromatic heterocycles. The van der Waals surface area contributed by atoms with Crippen LogP contribution in [0, 0.1) is 17.8 Å². The molecule has 0 radical (unpaired) electrons. The summed E-state index contributed by atoms with van der Waals surface area (Å²) < 4.78 is 0. The van der Waals surface area contributed by atoms with Crippen molar-refractivity contribution in [3.63, 3.8) is 0 Å². The fourth-order valence-electron chi connectivity index (χ4n) is 3.22. The molecule has 0 aromatic carbocycles. The molecule has 1 saturated carbocycles. The first kappa shape index (κ1) is 14.9. The Morgan fingerprint density at radius 2 is 2.00 bits per heavy atom. The van der Waals surface area contributed by atoms with Crippen LogP contribution in [0.5, 0.6) is 0 Å². The summed E-state index contributed by atoms with van der Waals surface area (Å²) in [6, 6.07) is 0. The van der Waals surface area contributed by atoms with Gasteiger partial charge in [-0.2, -0.15) is 0 Å². The summed E-state index contributed by atoms with van der Waals surface area (Å²) in [4.78, 5) is 24.7. The van der Waals surface area contributed by atoms with E-state index in [2.05, 4.69) is 17.5 Å². The van der Waals surface area contributed by atoms with Gasteiger partial charge >= 0.3 is 6.09 Å². The largest absolute Gasteiger partial charge is 0.465 e. The molecule has 0 spiro atoms. The third-order valence-electron chi connectivity index (χ3n) is 4.29. The standard InChI is InChI=1S/C15H24N2O3/c1-15(2,3)17(14(19)20)7-6-16-13(18)12-9-10-4-5-11(12)8-10/h4-5,10-12H,6-9H2,1-3H3,(H,16,18)(H,19,20)/t10?,11?,12-/m0/s1. The molecule has 5 nitrogen and oxygen atoms in total. The van der Waals surface area contributed by atoms with Gasteiger partial charge in [0.05, 0.1) is 0 Å². The first-order valence-electron chi connectivity index (χ1n) is 7.25. The molecular weight excluding hydrogens is 256 g/mol. The first-order valence-corrected chi connectivity index (χ1v) is 7.25. The van der Waals surface area contributed by atoms with E-state index in [9.17, 15) is 14.7 Å². The molecule has 20 heavy (non-hydrogen) atoms. The summed E-state index contributed by atoms with van der Waals surface area (Å²) in [6.07, 6.45) is 5.45. The third kappa shape index (κ3) is 3.14. The van der Waals surface area contributed by atoms with Gasteiger partial charge in [0.25, 0.3) is 0 Å². The fourth-order valence-corrected chi connectivity index (χ4v) is 3.22. The average molecular weight is 280 g/mol. The van der Waals surface area contributed by atoms with Crippen LogP contribution in [0.25, 0.3) is 0 Å². The fraction of sp³-hybridized carbons (Fsp3) is 0.733. The Hall–Kier alpha value is -1.52. The Kier molecular flexibility index (Phi) is 4.06. The second-order valence-corrected chi connectivity index (χ2v) is 6.78. The van der Waals surface area contributed by atoms with Gasteiger partial charge in [0.2, 0.25) is 5.91 Å². The molecule has 1 fully saturated rings. The number of fused-ring (bicyclic) bond motifs is 2. The van der Waals surface area contributed by atoms with Crippen molar-refractivity contribution in [1.29, 1.82) is 0 Å². The highest BCUT2D eigenvalue weighted by Gasteiger charge is 2.39. The van der Waals surface area contributed by atoms with E-state index in [1.54, 1.807) is 0 Å². The molecule has 2 rings (SSSR count). The highest BCUT2D eigenvalue weighted by atomic mass is 16.4. The highest BCUT2D eigenvalue weighted by Crippen LogP contribution is 2.43. The van der Waals surface area contributed by atoms with Crippen LogP contribution in [0.1, 0.15) is 33.6 Å². The van der Waals surface area contributed by atoms with Crippen molar-refractivity contribution < 1.29 is 14.7 Å². The summed E-state index contributed by atoms with van der Waals surface area (Å²) in [5, 5.41) is 12.1. The van der Waals surface area contributed by atoms with Gasteiger partial charge in [0, 0.05) is 24.5 Å². The van der Waals surface area contributed by atoms with Crippen LogP contribution < -0.4 is 5.32 Å². The van der Waals surface area contributed by atoms with Gasteiger partial charge in [-0.1, -0.05) is 12.2 Å². The van der Waals surface area contributed by atoms with E-state index in [4.69, 9.17) is 0 Å². The zero-order chi connectivity index (χ0) is 14.9. The number of amides is 2. The summed E-state index contributed by atoms with van der Waals surface area (Å²) in [5.41, 5.74) is -0.453. The predicted molar refractivity (Wildman–Crippen MR) is 76.3 cm³/mol. The summed E-state index contributed by atoms with van der Waals surface area (Å²) in [6.45, 7) is 6.25. The van der Waals surface area contributed by atoms with Gasteiger partial charge in [-0.25, -0.2) is 4.79 Å². The van der Waals surface area contributed by atoms with Crippen molar-refractivity contribution in [2.75, 3.05) is 13.1 Å². The lowest BCUT2D eigenvalue weighted by Crippen LogP contribution is -2.49. The number of hydrogen-bond donors (Lipinski definition) is 2. The zero-order valence-electron chi connectivity index (χ0n) is 12.4. The molecule has 2 aliphatic carbocycles. The normalized spacial score (nSPS) is 27.6. The number of nitrogens with one attached hydrogen (secondary N) is 1. The molecule has 3 atom stereocenters. The van der Waals surface area contributed by atoms with Crippen molar-refractivity contribution in [2.45, 2.75) is 39.2 Å². The molecule has 0 aromatic rings. The van der Waals surface area contributed by atoms with Gasteiger partial charge in [-0.05, 0) is 45.4 Å². The second-order valence-electron chi connectivity index (χ2n) is 6.78. The Balaban J connectivity index is 1.79. The molecule has 2 aliphatic rings. The molecule has 2 N–H and O–H groups in total. The molecule has 0 aliphatic heterocycles. The molecule has 2 bridgehead atoms. The van der Waals surface area contributed by atoms with E-state index < -0.39 is 11.6 Å². The van der Waals surface area contributed by atoms with Gasteiger partial charge < -0.3 is 15.3 Å². The third-order valence-corrected chi connectivity index (χ3v) is 4.29. The lowest BCUT2D eigenvalue weighted by atomic mass is 9.93. The minimum absolute atomic E-state index is 0.0705.